The summed E-state index contributed by atoms with van der Waals surface area (Å²) in [6.07, 6.45) is 5.75. The number of pyridine rings is 1. The molecular formula is C11H14ClN3O. The van der Waals surface area contributed by atoms with Gasteiger partial charge in [0.25, 0.3) is 0 Å². The van der Waals surface area contributed by atoms with Gasteiger partial charge < -0.3 is 4.74 Å². The highest BCUT2D eigenvalue weighted by molar-refractivity contribution is 6.31. The van der Waals surface area contributed by atoms with E-state index in [9.17, 15) is 0 Å². The molecule has 1 atom stereocenters. The van der Waals surface area contributed by atoms with Crippen LogP contribution in [0.1, 0.15) is 24.6 Å². The van der Waals surface area contributed by atoms with Gasteiger partial charge in [0.2, 0.25) is 0 Å². The van der Waals surface area contributed by atoms with Gasteiger partial charge in [-0.2, -0.15) is 0 Å². The minimum atomic E-state index is -0.269. The first-order valence-corrected chi connectivity index (χ1v) is 5.60. The van der Waals surface area contributed by atoms with Crippen molar-refractivity contribution in [2.75, 3.05) is 6.61 Å². The molecule has 16 heavy (non-hydrogen) atoms. The van der Waals surface area contributed by atoms with Gasteiger partial charge in [0.15, 0.2) is 0 Å². The molecule has 1 unspecified atom stereocenters. The summed E-state index contributed by atoms with van der Waals surface area (Å²) < 4.78 is 5.56. The van der Waals surface area contributed by atoms with Crippen molar-refractivity contribution in [1.82, 2.24) is 10.4 Å². The van der Waals surface area contributed by atoms with Crippen LogP contribution in [0.5, 0.6) is 0 Å². The SMILES string of the molecule is NNC(C1=CCCCO1)c1ncccc1Cl. The van der Waals surface area contributed by atoms with Crippen LogP contribution in [0.25, 0.3) is 0 Å². The second-order valence-corrected chi connectivity index (χ2v) is 3.97. The molecular weight excluding hydrogens is 226 g/mol. The fourth-order valence-electron chi connectivity index (χ4n) is 1.68. The first kappa shape index (κ1) is 11.4. The van der Waals surface area contributed by atoms with E-state index in [-0.39, 0.29) is 6.04 Å². The van der Waals surface area contributed by atoms with E-state index in [1.807, 2.05) is 6.08 Å². The van der Waals surface area contributed by atoms with Crippen LogP contribution < -0.4 is 11.3 Å². The fourth-order valence-corrected chi connectivity index (χ4v) is 1.91. The van der Waals surface area contributed by atoms with E-state index in [4.69, 9.17) is 22.2 Å². The topological polar surface area (TPSA) is 60.2 Å². The van der Waals surface area contributed by atoms with Crippen LogP contribution in [0, 0.1) is 0 Å². The van der Waals surface area contributed by atoms with Crippen molar-refractivity contribution >= 4 is 11.6 Å². The summed E-state index contributed by atoms with van der Waals surface area (Å²) in [6.45, 7) is 0.717. The van der Waals surface area contributed by atoms with Crippen LogP contribution in [-0.4, -0.2) is 11.6 Å². The Balaban J connectivity index is 2.28. The quantitative estimate of drug-likeness (QED) is 0.625. The van der Waals surface area contributed by atoms with Crippen LogP contribution in [0.15, 0.2) is 30.2 Å². The van der Waals surface area contributed by atoms with E-state index >= 15 is 0 Å². The van der Waals surface area contributed by atoms with E-state index in [0.29, 0.717) is 17.3 Å². The molecule has 2 rings (SSSR count). The van der Waals surface area contributed by atoms with Crippen LogP contribution in [0.4, 0.5) is 0 Å². The van der Waals surface area contributed by atoms with Gasteiger partial charge in [-0.15, -0.1) is 0 Å². The standard InChI is InChI=1S/C11H14ClN3O/c12-8-4-3-6-14-10(8)11(15-13)9-5-1-2-7-16-9/h3-6,11,15H,1-2,7,13H2. The van der Waals surface area contributed by atoms with Crippen molar-refractivity contribution in [3.8, 4) is 0 Å². The van der Waals surface area contributed by atoms with E-state index < -0.39 is 0 Å². The number of rotatable bonds is 3. The zero-order chi connectivity index (χ0) is 11.4. The number of halogens is 1. The molecule has 3 N–H and O–H groups in total. The van der Waals surface area contributed by atoms with Gasteiger partial charge >= 0.3 is 0 Å². The molecule has 1 aromatic rings. The highest BCUT2D eigenvalue weighted by Gasteiger charge is 2.21. The number of nitrogens with zero attached hydrogens (tertiary/aromatic N) is 1. The number of nitrogens with one attached hydrogen (secondary N) is 1. The predicted octanol–water partition coefficient (Wildman–Crippen LogP) is 1.93. The van der Waals surface area contributed by atoms with E-state index in [1.54, 1.807) is 18.3 Å². The summed E-state index contributed by atoms with van der Waals surface area (Å²) >= 11 is 6.08. The number of hydrogen-bond acceptors (Lipinski definition) is 4. The largest absolute Gasteiger partial charge is 0.496 e. The van der Waals surface area contributed by atoms with Crippen LogP contribution in [-0.2, 0) is 4.74 Å². The minimum Gasteiger partial charge on any atom is -0.496 e. The van der Waals surface area contributed by atoms with Crippen molar-refractivity contribution in [3.63, 3.8) is 0 Å². The first-order chi connectivity index (χ1) is 7.83. The number of aromatic nitrogens is 1. The van der Waals surface area contributed by atoms with Crippen LogP contribution >= 0.6 is 11.6 Å². The molecule has 0 fully saturated rings. The molecule has 0 saturated carbocycles. The smallest absolute Gasteiger partial charge is 0.122 e. The third-order valence-electron chi connectivity index (χ3n) is 2.47. The Morgan fingerprint density at radius 1 is 1.56 bits per heavy atom. The lowest BCUT2D eigenvalue weighted by Crippen LogP contribution is -2.31. The van der Waals surface area contributed by atoms with Crippen molar-refractivity contribution in [1.29, 1.82) is 0 Å². The zero-order valence-electron chi connectivity index (χ0n) is 8.82. The van der Waals surface area contributed by atoms with Gasteiger partial charge in [-0.3, -0.25) is 10.8 Å². The summed E-state index contributed by atoms with van der Waals surface area (Å²) in [6, 6.07) is 3.31. The van der Waals surface area contributed by atoms with Gasteiger partial charge in [0.1, 0.15) is 11.8 Å². The molecule has 0 radical (unpaired) electrons. The summed E-state index contributed by atoms with van der Waals surface area (Å²) in [5.41, 5.74) is 3.38. The predicted molar refractivity (Wildman–Crippen MR) is 62.6 cm³/mol. The maximum atomic E-state index is 6.08. The lowest BCUT2D eigenvalue weighted by atomic mass is 10.1. The van der Waals surface area contributed by atoms with E-state index in [2.05, 4.69) is 10.4 Å². The Bertz CT molecular complexity index is 395. The van der Waals surface area contributed by atoms with Gasteiger partial charge in [0, 0.05) is 6.20 Å². The average molecular weight is 240 g/mol. The van der Waals surface area contributed by atoms with Gasteiger partial charge in [0.05, 0.1) is 17.3 Å². The maximum absolute atomic E-state index is 6.08. The van der Waals surface area contributed by atoms with Crippen molar-refractivity contribution < 1.29 is 4.74 Å². The fraction of sp³-hybridized carbons (Fsp3) is 0.364. The van der Waals surface area contributed by atoms with Crippen molar-refractivity contribution in [3.05, 3.63) is 40.9 Å². The normalized spacial score (nSPS) is 17.5. The molecule has 0 saturated heterocycles. The Morgan fingerprint density at radius 3 is 3.06 bits per heavy atom. The molecule has 5 heteroatoms. The van der Waals surface area contributed by atoms with Crippen molar-refractivity contribution in [2.45, 2.75) is 18.9 Å². The molecule has 1 aliphatic rings. The number of hydrazine groups is 1. The number of hydrogen-bond donors (Lipinski definition) is 2. The van der Waals surface area contributed by atoms with Gasteiger partial charge in [-0.1, -0.05) is 11.6 Å². The summed E-state index contributed by atoms with van der Waals surface area (Å²) in [5, 5.41) is 0.584. The van der Waals surface area contributed by atoms with E-state index in [1.165, 1.54) is 0 Å². The highest BCUT2D eigenvalue weighted by Crippen LogP contribution is 2.28. The third-order valence-corrected chi connectivity index (χ3v) is 2.79. The second-order valence-electron chi connectivity index (χ2n) is 3.57. The lowest BCUT2D eigenvalue weighted by molar-refractivity contribution is 0.167. The molecule has 0 amide bonds. The first-order valence-electron chi connectivity index (χ1n) is 5.22. The number of allylic oxidation sites excluding steroid dienone is 1. The average Bonchev–Trinajstić information content (AvgIpc) is 2.34. The molecule has 0 spiro atoms. The maximum Gasteiger partial charge on any atom is 0.122 e. The minimum absolute atomic E-state index is 0.269. The number of nitrogens with two attached hydrogens (primary N) is 1. The third kappa shape index (κ3) is 2.35. The van der Waals surface area contributed by atoms with Gasteiger partial charge in [-0.25, -0.2) is 5.43 Å². The Labute approximate surface area is 99.4 Å². The number of ether oxygens (including phenoxy) is 1. The highest BCUT2D eigenvalue weighted by atomic mass is 35.5. The molecule has 0 bridgehead atoms. The van der Waals surface area contributed by atoms with Crippen LogP contribution in [0.2, 0.25) is 5.02 Å². The van der Waals surface area contributed by atoms with Crippen molar-refractivity contribution in [2.24, 2.45) is 5.84 Å². The lowest BCUT2D eigenvalue weighted by Gasteiger charge is -2.23. The second kappa shape index (κ2) is 5.30. The molecule has 2 heterocycles. The molecule has 1 aliphatic heterocycles. The molecule has 4 nitrogen and oxygen atoms in total. The van der Waals surface area contributed by atoms with Crippen LogP contribution in [0.3, 0.4) is 0 Å². The summed E-state index contributed by atoms with van der Waals surface area (Å²) in [5.74, 6) is 6.34. The summed E-state index contributed by atoms with van der Waals surface area (Å²) in [4.78, 5) is 4.23. The van der Waals surface area contributed by atoms with E-state index in [0.717, 1.165) is 18.6 Å². The Hall–Kier alpha value is -1.10. The Kier molecular flexibility index (Phi) is 3.77. The molecule has 1 aromatic heterocycles. The zero-order valence-corrected chi connectivity index (χ0v) is 9.57. The molecule has 0 aromatic carbocycles. The summed E-state index contributed by atoms with van der Waals surface area (Å²) in [7, 11) is 0. The molecule has 86 valence electrons. The Morgan fingerprint density at radius 2 is 2.44 bits per heavy atom. The van der Waals surface area contributed by atoms with Gasteiger partial charge in [-0.05, 0) is 31.1 Å². The monoisotopic (exact) mass is 239 g/mol. The molecule has 0 aliphatic carbocycles.